The zero-order valence-corrected chi connectivity index (χ0v) is 16.2. The third kappa shape index (κ3) is 2.86. The molecule has 1 aromatic heterocycles. The maximum absolute atomic E-state index is 14.4. The molecule has 0 spiro atoms. The second-order valence-electron chi connectivity index (χ2n) is 8.40. The molecule has 2 fully saturated rings. The van der Waals surface area contributed by atoms with E-state index in [1.54, 1.807) is 27.8 Å². The molecular formula is C22H24FN3O3. The van der Waals surface area contributed by atoms with Gasteiger partial charge in [-0.25, -0.2) is 13.9 Å². The van der Waals surface area contributed by atoms with Gasteiger partial charge in [0.25, 0.3) is 5.91 Å². The third-order valence-corrected chi connectivity index (χ3v) is 6.82. The highest BCUT2D eigenvalue weighted by Crippen LogP contribution is 2.41. The summed E-state index contributed by atoms with van der Waals surface area (Å²) in [4.78, 5) is 27.1. The van der Waals surface area contributed by atoms with Crippen LogP contribution in [0.3, 0.4) is 0 Å². The van der Waals surface area contributed by atoms with Crippen LogP contribution >= 0.6 is 0 Å². The highest BCUT2D eigenvalue weighted by molar-refractivity contribution is 5.97. The summed E-state index contributed by atoms with van der Waals surface area (Å²) in [5.74, 6) is -1.39. The van der Waals surface area contributed by atoms with Gasteiger partial charge >= 0.3 is 5.97 Å². The van der Waals surface area contributed by atoms with Gasteiger partial charge in [-0.15, -0.1) is 0 Å². The largest absolute Gasteiger partial charge is 0.480 e. The number of carboxylic acids is 1. The Hall–Kier alpha value is -2.70. The van der Waals surface area contributed by atoms with Crippen LogP contribution in [0, 0.1) is 11.7 Å². The lowest BCUT2D eigenvalue weighted by Crippen LogP contribution is -2.46. The molecule has 2 aromatic rings. The van der Waals surface area contributed by atoms with Crippen LogP contribution in [0.4, 0.5) is 4.39 Å². The fourth-order valence-electron chi connectivity index (χ4n) is 5.53. The normalized spacial score (nSPS) is 25.7. The van der Waals surface area contributed by atoms with Gasteiger partial charge < -0.3 is 10.0 Å². The van der Waals surface area contributed by atoms with Crippen LogP contribution in [0.2, 0.25) is 0 Å². The Balaban J connectivity index is 1.57. The summed E-state index contributed by atoms with van der Waals surface area (Å²) in [5.41, 5.74) is 2.35. The number of aromatic nitrogens is 2. The molecule has 0 bridgehead atoms. The van der Waals surface area contributed by atoms with Crippen LogP contribution in [0.1, 0.15) is 60.3 Å². The van der Waals surface area contributed by atoms with Crippen molar-refractivity contribution in [3.05, 3.63) is 47.0 Å². The van der Waals surface area contributed by atoms with Gasteiger partial charge in [-0.05, 0) is 56.6 Å². The molecule has 7 heteroatoms. The maximum atomic E-state index is 14.4. The number of para-hydroxylation sites is 1. The second kappa shape index (κ2) is 6.97. The smallest absolute Gasteiger partial charge is 0.326 e. The predicted octanol–water partition coefficient (Wildman–Crippen LogP) is 3.36. The topological polar surface area (TPSA) is 75.4 Å². The first kappa shape index (κ1) is 18.3. The number of carbonyl (C=O) groups excluding carboxylic acids is 1. The quantitative estimate of drug-likeness (QED) is 0.862. The SMILES string of the molecule is O=C(O)C1CC2CCCCC2N1C(=O)c1nn(-c2ccccc2F)c2c1CCC2. The molecule has 1 N–H and O–H groups in total. The van der Waals surface area contributed by atoms with E-state index in [4.69, 9.17) is 0 Å². The molecule has 3 unspecified atom stereocenters. The first-order chi connectivity index (χ1) is 14.1. The maximum Gasteiger partial charge on any atom is 0.326 e. The molecular weight excluding hydrogens is 373 g/mol. The van der Waals surface area contributed by atoms with Crippen molar-refractivity contribution in [1.29, 1.82) is 0 Å². The second-order valence-corrected chi connectivity index (χ2v) is 8.40. The molecule has 29 heavy (non-hydrogen) atoms. The van der Waals surface area contributed by atoms with Gasteiger partial charge in [0.05, 0.1) is 0 Å². The van der Waals surface area contributed by atoms with Crippen molar-refractivity contribution in [2.45, 2.75) is 63.5 Å². The van der Waals surface area contributed by atoms with Crippen molar-refractivity contribution in [2.75, 3.05) is 0 Å². The lowest BCUT2D eigenvalue weighted by atomic mass is 9.84. The fraction of sp³-hybridized carbons (Fsp3) is 0.500. The molecule has 2 heterocycles. The monoisotopic (exact) mass is 397 g/mol. The van der Waals surface area contributed by atoms with Gasteiger partial charge in [-0.1, -0.05) is 25.0 Å². The molecule has 1 saturated heterocycles. The Bertz CT molecular complexity index is 986. The van der Waals surface area contributed by atoms with Crippen LogP contribution in [-0.4, -0.2) is 43.7 Å². The summed E-state index contributed by atoms with van der Waals surface area (Å²) in [5, 5.41) is 14.3. The summed E-state index contributed by atoms with van der Waals surface area (Å²) < 4.78 is 16.0. The molecule has 2 aliphatic carbocycles. The van der Waals surface area contributed by atoms with E-state index in [0.717, 1.165) is 49.8 Å². The van der Waals surface area contributed by atoms with E-state index in [0.29, 0.717) is 24.2 Å². The minimum absolute atomic E-state index is 0.0342. The van der Waals surface area contributed by atoms with E-state index in [9.17, 15) is 19.1 Å². The van der Waals surface area contributed by atoms with Gasteiger partial charge in [0.2, 0.25) is 0 Å². The number of rotatable bonds is 3. The lowest BCUT2D eigenvalue weighted by Gasteiger charge is -2.32. The Kier molecular flexibility index (Phi) is 4.41. The van der Waals surface area contributed by atoms with Crippen LogP contribution < -0.4 is 0 Å². The molecule has 1 aliphatic heterocycles. The molecule has 1 amide bonds. The van der Waals surface area contributed by atoms with Gasteiger partial charge in [0.15, 0.2) is 5.69 Å². The van der Waals surface area contributed by atoms with Gasteiger partial charge in [-0.2, -0.15) is 5.10 Å². The number of carboxylic acid groups (broad SMARTS) is 1. The Labute approximate surface area is 168 Å². The van der Waals surface area contributed by atoms with E-state index in [1.807, 2.05) is 0 Å². The van der Waals surface area contributed by atoms with Crippen molar-refractivity contribution in [3.63, 3.8) is 0 Å². The fourth-order valence-corrected chi connectivity index (χ4v) is 5.53. The van der Waals surface area contributed by atoms with Gasteiger partial charge in [0, 0.05) is 17.3 Å². The summed E-state index contributed by atoms with van der Waals surface area (Å²) in [7, 11) is 0. The number of halogens is 1. The third-order valence-electron chi connectivity index (χ3n) is 6.82. The van der Waals surface area contributed by atoms with E-state index >= 15 is 0 Å². The average molecular weight is 397 g/mol. The van der Waals surface area contributed by atoms with Crippen molar-refractivity contribution >= 4 is 11.9 Å². The number of benzene rings is 1. The van der Waals surface area contributed by atoms with Crippen molar-refractivity contribution in [2.24, 2.45) is 5.92 Å². The molecule has 3 atom stereocenters. The molecule has 1 aromatic carbocycles. The summed E-state index contributed by atoms with van der Waals surface area (Å²) in [6.07, 6.45) is 6.77. The molecule has 1 saturated carbocycles. The Morgan fingerprint density at radius 3 is 2.69 bits per heavy atom. The van der Waals surface area contributed by atoms with Crippen molar-refractivity contribution in [3.8, 4) is 5.69 Å². The number of hydrogen-bond acceptors (Lipinski definition) is 3. The summed E-state index contributed by atoms with van der Waals surface area (Å²) in [6.45, 7) is 0. The Morgan fingerprint density at radius 2 is 1.90 bits per heavy atom. The van der Waals surface area contributed by atoms with Crippen LogP contribution in [-0.2, 0) is 17.6 Å². The van der Waals surface area contributed by atoms with Gasteiger partial charge in [0.1, 0.15) is 17.5 Å². The molecule has 6 nitrogen and oxygen atoms in total. The van der Waals surface area contributed by atoms with Gasteiger partial charge in [-0.3, -0.25) is 4.79 Å². The zero-order chi connectivity index (χ0) is 20.1. The van der Waals surface area contributed by atoms with E-state index in [1.165, 1.54) is 6.07 Å². The minimum Gasteiger partial charge on any atom is -0.480 e. The minimum atomic E-state index is -0.946. The number of fused-ring (bicyclic) bond motifs is 2. The van der Waals surface area contributed by atoms with E-state index in [2.05, 4.69) is 5.10 Å². The van der Waals surface area contributed by atoms with Crippen molar-refractivity contribution < 1.29 is 19.1 Å². The van der Waals surface area contributed by atoms with E-state index in [-0.39, 0.29) is 23.7 Å². The summed E-state index contributed by atoms with van der Waals surface area (Å²) >= 11 is 0. The highest BCUT2D eigenvalue weighted by atomic mass is 19.1. The number of aliphatic carboxylic acids is 1. The predicted molar refractivity (Wildman–Crippen MR) is 104 cm³/mol. The number of likely N-dealkylation sites (tertiary alicyclic amines) is 1. The average Bonchev–Trinajstić information content (AvgIpc) is 3.41. The van der Waals surface area contributed by atoms with Crippen LogP contribution in [0.25, 0.3) is 5.69 Å². The molecule has 0 radical (unpaired) electrons. The Morgan fingerprint density at radius 1 is 1.10 bits per heavy atom. The van der Waals surface area contributed by atoms with Crippen LogP contribution in [0.5, 0.6) is 0 Å². The number of carbonyl (C=O) groups is 2. The molecule has 152 valence electrons. The van der Waals surface area contributed by atoms with Crippen LogP contribution in [0.15, 0.2) is 24.3 Å². The zero-order valence-electron chi connectivity index (χ0n) is 16.2. The number of hydrogen-bond donors (Lipinski definition) is 1. The highest BCUT2D eigenvalue weighted by Gasteiger charge is 2.49. The number of amides is 1. The molecule has 3 aliphatic rings. The lowest BCUT2D eigenvalue weighted by molar-refractivity contribution is -0.141. The van der Waals surface area contributed by atoms with E-state index < -0.39 is 12.0 Å². The first-order valence-corrected chi connectivity index (χ1v) is 10.5. The molecule has 5 rings (SSSR count). The summed E-state index contributed by atoms with van der Waals surface area (Å²) in [6, 6.07) is 5.57. The standard InChI is InChI=1S/C22H24FN3O3/c23-15-8-2-4-10-18(15)26-17-11-5-7-14(17)20(24-26)21(27)25-16-9-3-1-6-13(16)12-19(25)22(28)29/h2,4,8,10,13,16,19H,1,3,5-7,9,11-12H2,(H,28,29). The first-order valence-electron chi connectivity index (χ1n) is 10.5. The van der Waals surface area contributed by atoms with Crippen molar-refractivity contribution in [1.82, 2.24) is 14.7 Å². The number of nitrogens with zero attached hydrogens (tertiary/aromatic N) is 3.